The van der Waals surface area contributed by atoms with Crippen LogP contribution in [0.3, 0.4) is 0 Å². The van der Waals surface area contributed by atoms with Crippen LogP contribution in [0.5, 0.6) is 0 Å². The molecule has 3 N–H and O–H groups in total. The van der Waals surface area contributed by atoms with Crippen LogP contribution < -0.4 is 11.1 Å². The monoisotopic (exact) mass is 287 g/mol. The number of fused-ring (bicyclic) bond motifs is 1. The van der Waals surface area contributed by atoms with Crippen LogP contribution in [0.4, 0.5) is 5.69 Å². The lowest BCUT2D eigenvalue weighted by Crippen LogP contribution is -2.16. The maximum atomic E-state index is 11.5. The largest absolute Gasteiger partial charge is 0.377 e. The van der Waals surface area contributed by atoms with Gasteiger partial charge in [0.05, 0.1) is 17.3 Å². The summed E-state index contributed by atoms with van der Waals surface area (Å²) in [6.07, 6.45) is 3.42. The van der Waals surface area contributed by atoms with Crippen molar-refractivity contribution in [2.45, 2.75) is 18.9 Å². The van der Waals surface area contributed by atoms with Crippen LogP contribution >= 0.6 is 11.6 Å². The Hall–Kier alpha value is -2.07. The number of primary amides is 1. The van der Waals surface area contributed by atoms with Gasteiger partial charge in [0.25, 0.3) is 5.91 Å². The first-order valence-electron chi connectivity index (χ1n) is 6.45. The van der Waals surface area contributed by atoms with Gasteiger partial charge in [-0.3, -0.25) is 4.79 Å². The number of nitrogens with one attached hydrogen (secondary N) is 1. The summed E-state index contributed by atoms with van der Waals surface area (Å²) in [6.45, 7) is 0. The number of nitrogens with two attached hydrogens (primary N) is 1. The molecule has 2 aromatic rings. The third-order valence-corrected chi connectivity index (χ3v) is 3.81. The van der Waals surface area contributed by atoms with E-state index < -0.39 is 5.91 Å². The van der Waals surface area contributed by atoms with Crippen molar-refractivity contribution < 1.29 is 4.79 Å². The van der Waals surface area contributed by atoms with Gasteiger partial charge in [-0.1, -0.05) is 35.9 Å². The van der Waals surface area contributed by atoms with Crippen molar-refractivity contribution in [1.82, 2.24) is 4.98 Å². The molecule has 1 aliphatic carbocycles. The number of hydrogen-bond donors (Lipinski definition) is 2. The van der Waals surface area contributed by atoms with E-state index in [1.54, 1.807) is 6.07 Å². The van der Waals surface area contributed by atoms with Crippen molar-refractivity contribution in [3.8, 4) is 0 Å². The Labute approximate surface area is 122 Å². The molecule has 5 heteroatoms. The van der Waals surface area contributed by atoms with E-state index in [1.807, 2.05) is 12.1 Å². The van der Waals surface area contributed by atoms with Gasteiger partial charge in [0.1, 0.15) is 5.15 Å². The number of benzene rings is 1. The average molecular weight is 288 g/mol. The van der Waals surface area contributed by atoms with Crippen molar-refractivity contribution >= 4 is 23.2 Å². The fourth-order valence-corrected chi connectivity index (χ4v) is 2.80. The third-order valence-electron chi connectivity index (χ3n) is 3.60. The second-order valence-electron chi connectivity index (χ2n) is 4.85. The molecule has 0 saturated carbocycles. The molecule has 0 radical (unpaired) electrons. The molecule has 20 heavy (non-hydrogen) atoms. The van der Waals surface area contributed by atoms with Crippen molar-refractivity contribution in [3.63, 3.8) is 0 Å². The van der Waals surface area contributed by atoms with Crippen LogP contribution in [0.15, 0.2) is 36.5 Å². The molecule has 0 aliphatic heterocycles. The molecule has 1 amide bonds. The van der Waals surface area contributed by atoms with Crippen molar-refractivity contribution in [2.75, 3.05) is 5.32 Å². The summed E-state index contributed by atoms with van der Waals surface area (Å²) in [4.78, 5) is 15.4. The molecule has 4 nitrogen and oxygen atoms in total. The molecule has 0 fully saturated rings. The lowest BCUT2D eigenvalue weighted by Gasteiger charge is -2.17. The Bertz CT molecular complexity index is 672. The summed E-state index contributed by atoms with van der Waals surface area (Å²) >= 11 is 5.90. The summed E-state index contributed by atoms with van der Waals surface area (Å²) in [7, 11) is 0. The molecule has 1 aliphatic rings. The minimum Gasteiger partial charge on any atom is -0.377 e. The van der Waals surface area contributed by atoms with Gasteiger partial charge in [-0.05, 0) is 30.0 Å². The Morgan fingerprint density at radius 3 is 3.00 bits per heavy atom. The summed E-state index contributed by atoms with van der Waals surface area (Å²) in [6, 6.07) is 10.1. The van der Waals surface area contributed by atoms with Crippen LogP contribution in [-0.4, -0.2) is 10.9 Å². The second-order valence-corrected chi connectivity index (χ2v) is 5.24. The molecule has 1 aromatic heterocycles. The summed E-state index contributed by atoms with van der Waals surface area (Å²) < 4.78 is 0. The molecule has 3 rings (SSSR count). The molecular formula is C15H14ClN3O. The van der Waals surface area contributed by atoms with E-state index in [0.29, 0.717) is 16.4 Å². The lowest BCUT2D eigenvalue weighted by atomic mass is 10.1. The number of anilines is 1. The van der Waals surface area contributed by atoms with Gasteiger partial charge in [0, 0.05) is 6.20 Å². The number of rotatable bonds is 3. The van der Waals surface area contributed by atoms with E-state index in [4.69, 9.17) is 17.3 Å². The first-order valence-corrected chi connectivity index (χ1v) is 6.82. The molecule has 102 valence electrons. The zero-order chi connectivity index (χ0) is 14.1. The van der Waals surface area contributed by atoms with Crippen LogP contribution in [0, 0.1) is 0 Å². The second kappa shape index (κ2) is 5.13. The number of aryl methyl sites for hydroxylation is 1. The molecule has 0 saturated heterocycles. The minimum atomic E-state index is -0.511. The zero-order valence-corrected chi connectivity index (χ0v) is 11.5. The molecule has 1 aromatic carbocycles. The number of aromatic nitrogens is 1. The topological polar surface area (TPSA) is 68.0 Å². The van der Waals surface area contributed by atoms with Gasteiger partial charge >= 0.3 is 0 Å². The van der Waals surface area contributed by atoms with E-state index in [2.05, 4.69) is 22.4 Å². The number of nitrogens with zero attached hydrogens (tertiary/aromatic N) is 1. The quantitative estimate of drug-likeness (QED) is 0.853. The van der Waals surface area contributed by atoms with Crippen molar-refractivity contribution in [1.29, 1.82) is 0 Å². The molecular weight excluding hydrogens is 274 g/mol. The Morgan fingerprint density at radius 1 is 1.40 bits per heavy atom. The van der Waals surface area contributed by atoms with E-state index in [0.717, 1.165) is 12.8 Å². The summed E-state index contributed by atoms with van der Waals surface area (Å²) in [5.41, 5.74) is 8.97. The van der Waals surface area contributed by atoms with E-state index >= 15 is 0 Å². The fraction of sp³-hybridized carbons (Fsp3) is 0.200. The number of halogens is 1. The number of carbonyl (C=O) groups is 1. The van der Waals surface area contributed by atoms with Crippen molar-refractivity contribution in [3.05, 3.63) is 58.4 Å². The first kappa shape index (κ1) is 12.9. The van der Waals surface area contributed by atoms with Gasteiger partial charge < -0.3 is 11.1 Å². The summed E-state index contributed by atoms with van der Waals surface area (Å²) in [5.74, 6) is -0.511. The summed E-state index contributed by atoms with van der Waals surface area (Å²) in [5, 5.41) is 3.70. The smallest absolute Gasteiger partial charge is 0.252 e. The van der Waals surface area contributed by atoms with Crippen LogP contribution in [-0.2, 0) is 6.42 Å². The molecule has 0 bridgehead atoms. The minimum absolute atomic E-state index is 0.169. The fourth-order valence-electron chi connectivity index (χ4n) is 2.64. The SMILES string of the molecule is NC(=O)c1cnc(Cl)cc1N[C@H]1CCc2ccccc21. The highest BCUT2D eigenvalue weighted by Gasteiger charge is 2.23. The molecule has 0 unspecified atom stereocenters. The van der Waals surface area contributed by atoms with Gasteiger partial charge in [-0.15, -0.1) is 0 Å². The van der Waals surface area contributed by atoms with Gasteiger partial charge in [-0.25, -0.2) is 4.98 Å². The van der Waals surface area contributed by atoms with E-state index in [9.17, 15) is 4.79 Å². The standard InChI is InChI=1S/C15H14ClN3O/c16-14-7-13(11(8-18-14)15(17)20)19-12-6-5-9-3-1-2-4-10(9)12/h1-4,7-8,12H,5-6H2,(H2,17,20)(H,18,19)/t12-/m0/s1. The molecule has 0 spiro atoms. The Balaban J connectivity index is 1.93. The van der Waals surface area contributed by atoms with Gasteiger partial charge in [0.15, 0.2) is 0 Å². The predicted octanol–water partition coefficient (Wildman–Crippen LogP) is 2.93. The predicted molar refractivity (Wildman–Crippen MR) is 78.9 cm³/mol. The van der Waals surface area contributed by atoms with Crippen LogP contribution in [0.25, 0.3) is 0 Å². The average Bonchev–Trinajstić information content (AvgIpc) is 2.82. The zero-order valence-electron chi connectivity index (χ0n) is 10.8. The third kappa shape index (κ3) is 2.34. The Kier molecular flexibility index (Phi) is 3.32. The number of pyridine rings is 1. The Morgan fingerprint density at radius 2 is 2.20 bits per heavy atom. The highest BCUT2D eigenvalue weighted by atomic mass is 35.5. The van der Waals surface area contributed by atoms with Gasteiger partial charge in [-0.2, -0.15) is 0 Å². The maximum Gasteiger partial charge on any atom is 0.252 e. The highest BCUT2D eigenvalue weighted by Crippen LogP contribution is 2.34. The van der Waals surface area contributed by atoms with E-state index in [-0.39, 0.29) is 6.04 Å². The normalized spacial score (nSPS) is 16.8. The highest BCUT2D eigenvalue weighted by molar-refractivity contribution is 6.29. The molecule has 1 atom stereocenters. The van der Waals surface area contributed by atoms with Crippen LogP contribution in [0.1, 0.15) is 33.9 Å². The number of amides is 1. The van der Waals surface area contributed by atoms with E-state index in [1.165, 1.54) is 17.3 Å². The maximum absolute atomic E-state index is 11.5. The number of hydrogen-bond acceptors (Lipinski definition) is 3. The van der Waals surface area contributed by atoms with Crippen molar-refractivity contribution in [2.24, 2.45) is 5.73 Å². The van der Waals surface area contributed by atoms with Crippen LogP contribution in [0.2, 0.25) is 5.15 Å². The molecule has 1 heterocycles. The first-order chi connectivity index (χ1) is 9.65. The lowest BCUT2D eigenvalue weighted by molar-refractivity contribution is 0.100. The number of carbonyl (C=O) groups excluding carboxylic acids is 1. The van der Waals surface area contributed by atoms with Gasteiger partial charge in [0.2, 0.25) is 0 Å².